The topological polar surface area (TPSA) is 80.7 Å². The summed E-state index contributed by atoms with van der Waals surface area (Å²) in [5.74, 6) is -0.219. The Labute approximate surface area is 137 Å². The molecule has 126 valence electrons. The van der Waals surface area contributed by atoms with E-state index in [1.54, 1.807) is 0 Å². The maximum Gasteiger partial charge on any atom is 0.353 e. The summed E-state index contributed by atoms with van der Waals surface area (Å²) < 4.78 is 30.1. The van der Waals surface area contributed by atoms with Gasteiger partial charge in [-0.1, -0.05) is 51.1 Å². The highest BCUT2D eigenvalue weighted by atomic mass is 35.7. The molecule has 0 aliphatic carbocycles. The van der Waals surface area contributed by atoms with Crippen molar-refractivity contribution in [2.45, 2.75) is 34.1 Å². The number of carbonyl (C=O) groups excluding carboxylic acids is 1. The Morgan fingerprint density at radius 2 is 1.68 bits per heavy atom. The SMILES string of the molecule is CC.CCOC(=O)/C(=C/c1ccccc1)CC.O=S(=O)(O)Cl. The van der Waals surface area contributed by atoms with Gasteiger partial charge in [0, 0.05) is 16.3 Å². The number of ether oxygens (including phenoxy) is 1. The first-order chi connectivity index (χ1) is 10.3. The van der Waals surface area contributed by atoms with Gasteiger partial charge in [-0.15, -0.1) is 0 Å². The van der Waals surface area contributed by atoms with Crippen LogP contribution in [-0.4, -0.2) is 25.5 Å². The van der Waals surface area contributed by atoms with Gasteiger partial charge in [0.15, 0.2) is 0 Å². The average molecular weight is 351 g/mol. The minimum absolute atomic E-state index is 0.219. The highest BCUT2D eigenvalue weighted by Gasteiger charge is 2.07. The largest absolute Gasteiger partial charge is 0.463 e. The molecule has 1 aromatic carbocycles. The third-order valence-electron chi connectivity index (χ3n) is 2.06. The van der Waals surface area contributed by atoms with Crippen molar-refractivity contribution < 1.29 is 22.5 Å². The molecule has 0 amide bonds. The quantitative estimate of drug-likeness (QED) is 0.382. The summed E-state index contributed by atoms with van der Waals surface area (Å²) in [4.78, 5) is 11.5. The lowest BCUT2D eigenvalue weighted by Crippen LogP contribution is -2.06. The maximum atomic E-state index is 11.5. The molecule has 5 nitrogen and oxygen atoms in total. The van der Waals surface area contributed by atoms with E-state index in [4.69, 9.17) is 17.7 Å². The number of benzene rings is 1. The molecule has 0 heterocycles. The molecule has 22 heavy (non-hydrogen) atoms. The summed E-state index contributed by atoms with van der Waals surface area (Å²) in [6, 6.07) is 9.78. The fraction of sp³-hybridized carbons (Fsp3) is 0.400. The van der Waals surface area contributed by atoms with Crippen LogP contribution in [0.4, 0.5) is 0 Å². The molecule has 0 radical (unpaired) electrons. The predicted molar refractivity (Wildman–Crippen MR) is 90.1 cm³/mol. The van der Waals surface area contributed by atoms with Crippen molar-refractivity contribution in [3.8, 4) is 0 Å². The van der Waals surface area contributed by atoms with Crippen LogP contribution in [-0.2, 0) is 18.9 Å². The van der Waals surface area contributed by atoms with Crippen molar-refractivity contribution in [2.75, 3.05) is 6.61 Å². The first-order valence-electron chi connectivity index (χ1n) is 6.87. The number of halogens is 1. The Balaban J connectivity index is 0. The number of hydrogen-bond acceptors (Lipinski definition) is 4. The molecule has 1 N–H and O–H groups in total. The van der Waals surface area contributed by atoms with Crippen LogP contribution in [0.25, 0.3) is 6.08 Å². The molecule has 0 atom stereocenters. The minimum atomic E-state index is -4.19. The molecule has 0 aromatic heterocycles. The zero-order chi connectivity index (χ0) is 17.6. The van der Waals surface area contributed by atoms with Crippen molar-refractivity contribution in [1.82, 2.24) is 0 Å². The zero-order valence-corrected chi connectivity index (χ0v) is 14.8. The van der Waals surface area contributed by atoms with E-state index in [1.807, 2.05) is 64.1 Å². The summed E-state index contributed by atoms with van der Waals surface area (Å²) in [5.41, 5.74) is 1.74. The summed E-state index contributed by atoms with van der Waals surface area (Å²) in [6.07, 6.45) is 2.56. The number of hydrogen-bond donors (Lipinski definition) is 1. The van der Waals surface area contributed by atoms with Crippen molar-refractivity contribution in [3.63, 3.8) is 0 Å². The minimum Gasteiger partial charge on any atom is -0.463 e. The second-order valence-electron chi connectivity index (χ2n) is 3.57. The zero-order valence-electron chi connectivity index (χ0n) is 13.2. The fourth-order valence-corrected chi connectivity index (χ4v) is 1.28. The van der Waals surface area contributed by atoms with E-state index in [9.17, 15) is 4.79 Å². The van der Waals surface area contributed by atoms with Crippen LogP contribution in [0.2, 0.25) is 0 Å². The van der Waals surface area contributed by atoms with Gasteiger partial charge in [0.1, 0.15) is 0 Å². The lowest BCUT2D eigenvalue weighted by molar-refractivity contribution is -0.138. The smallest absolute Gasteiger partial charge is 0.353 e. The first kappa shape index (κ1) is 22.9. The second kappa shape index (κ2) is 13.3. The monoisotopic (exact) mass is 350 g/mol. The molecule has 1 aromatic rings. The van der Waals surface area contributed by atoms with Crippen molar-refractivity contribution in [1.29, 1.82) is 0 Å². The van der Waals surface area contributed by atoms with Gasteiger partial charge in [-0.3, -0.25) is 4.55 Å². The molecular weight excluding hydrogens is 328 g/mol. The van der Waals surface area contributed by atoms with E-state index in [1.165, 1.54) is 0 Å². The van der Waals surface area contributed by atoms with E-state index < -0.39 is 9.33 Å². The van der Waals surface area contributed by atoms with E-state index in [-0.39, 0.29) is 5.97 Å². The Kier molecular flexibility index (Phi) is 13.9. The summed E-state index contributed by atoms with van der Waals surface area (Å²) in [6.45, 7) is 8.18. The molecule has 0 unspecified atom stereocenters. The molecule has 0 aliphatic rings. The number of esters is 1. The van der Waals surface area contributed by atoms with Crippen LogP contribution >= 0.6 is 10.7 Å². The molecule has 0 saturated heterocycles. The van der Waals surface area contributed by atoms with Gasteiger partial charge >= 0.3 is 15.3 Å². The van der Waals surface area contributed by atoms with Crippen molar-refractivity contribution in [2.24, 2.45) is 0 Å². The summed E-state index contributed by atoms with van der Waals surface area (Å²) in [7, 11) is -0.137. The molecule has 1 rings (SSSR count). The molecule has 7 heteroatoms. The Hall–Kier alpha value is -1.37. The molecule has 0 aliphatic heterocycles. The van der Waals surface area contributed by atoms with Crippen LogP contribution in [0.3, 0.4) is 0 Å². The number of rotatable bonds is 4. The first-order valence-corrected chi connectivity index (χ1v) is 9.14. The van der Waals surface area contributed by atoms with Gasteiger partial charge in [0.25, 0.3) is 0 Å². The highest BCUT2D eigenvalue weighted by molar-refractivity contribution is 8.09. The Morgan fingerprint density at radius 1 is 1.23 bits per heavy atom. The number of carbonyl (C=O) groups is 1. The fourth-order valence-electron chi connectivity index (χ4n) is 1.28. The molecule has 0 bridgehead atoms. The molecule has 0 spiro atoms. The Bertz CT molecular complexity index is 530. The predicted octanol–water partition coefficient (Wildman–Crippen LogP) is 4.10. The average Bonchev–Trinajstić information content (AvgIpc) is 2.46. The van der Waals surface area contributed by atoms with Crippen LogP contribution in [0.15, 0.2) is 35.9 Å². The van der Waals surface area contributed by atoms with Crippen LogP contribution in [0.5, 0.6) is 0 Å². The third kappa shape index (κ3) is 15.0. The van der Waals surface area contributed by atoms with Gasteiger partial charge in [0.05, 0.1) is 6.61 Å². The van der Waals surface area contributed by atoms with Gasteiger partial charge in [-0.05, 0) is 25.0 Å². The molecule has 0 fully saturated rings. The third-order valence-corrected chi connectivity index (χ3v) is 2.06. The normalized spacial score (nSPS) is 10.5. The van der Waals surface area contributed by atoms with Gasteiger partial charge < -0.3 is 4.74 Å². The van der Waals surface area contributed by atoms with Gasteiger partial charge in [-0.25, -0.2) is 4.79 Å². The summed E-state index contributed by atoms with van der Waals surface area (Å²) in [5, 5.41) is 0. The maximum absolute atomic E-state index is 11.5. The molecule has 0 saturated carbocycles. The van der Waals surface area contributed by atoms with Crippen LogP contribution in [0, 0.1) is 0 Å². The van der Waals surface area contributed by atoms with Gasteiger partial charge in [0.2, 0.25) is 0 Å². The van der Waals surface area contributed by atoms with E-state index in [2.05, 4.69) is 10.7 Å². The summed E-state index contributed by atoms with van der Waals surface area (Å²) >= 11 is 0. The van der Waals surface area contributed by atoms with Crippen LogP contribution < -0.4 is 0 Å². The van der Waals surface area contributed by atoms with E-state index in [0.29, 0.717) is 18.6 Å². The van der Waals surface area contributed by atoms with Gasteiger partial charge in [-0.2, -0.15) is 8.42 Å². The highest BCUT2D eigenvalue weighted by Crippen LogP contribution is 2.10. The van der Waals surface area contributed by atoms with Crippen molar-refractivity contribution >= 4 is 32.1 Å². The second-order valence-corrected chi connectivity index (χ2v) is 5.56. The lowest BCUT2D eigenvalue weighted by atomic mass is 10.1. The van der Waals surface area contributed by atoms with Crippen LogP contribution in [0.1, 0.15) is 39.7 Å². The van der Waals surface area contributed by atoms with E-state index in [0.717, 1.165) is 5.56 Å². The van der Waals surface area contributed by atoms with E-state index >= 15 is 0 Å². The Morgan fingerprint density at radius 3 is 2.05 bits per heavy atom. The standard InChI is InChI=1S/C13H16O2.C2H6.ClHO3S/c1-3-12(13(14)15-4-2)10-11-8-6-5-7-9-11;1-2;1-5(2,3)4/h5-10H,3-4H2,1-2H3;1-2H3;(H,2,3,4)/b12-10+;;. The molecular formula is C15H23ClO5S. The van der Waals surface area contributed by atoms with Crippen molar-refractivity contribution in [3.05, 3.63) is 41.5 Å². The lowest BCUT2D eigenvalue weighted by Gasteiger charge is -2.04.